The van der Waals surface area contributed by atoms with Crippen molar-refractivity contribution in [3.63, 3.8) is 0 Å². The number of nitrogens with one attached hydrogen (secondary N) is 2. The zero-order valence-electron chi connectivity index (χ0n) is 15.4. The highest BCUT2D eigenvalue weighted by Gasteiger charge is 2.50. The topological polar surface area (TPSA) is 40.7 Å². The largest absolute Gasteiger partial charge is 0.342 e. The Morgan fingerprint density at radius 2 is 1.60 bits per heavy atom. The summed E-state index contributed by atoms with van der Waals surface area (Å²) < 4.78 is 0. The number of imidazole rings is 1. The number of H-pyrrole nitrogens is 1. The Balaban J connectivity index is 1.32. The molecule has 2 N–H and O–H groups in total. The van der Waals surface area contributed by atoms with Crippen molar-refractivity contribution in [2.45, 2.75) is 64.5 Å². The molecule has 4 saturated carbocycles. The van der Waals surface area contributed by atoms with Crippen LogP contribution in [0.2, 0.25) is 0 Å². The molecule has 0 radical (unpaired) electrons. The highest BCUT2D eigenvalue weighted by Crippen LogP contribution is 2.55. The van der Waals surface area contributed by atoms with Crippen molar-refractivity contribution in [2.24, 2.45) is 17.8 Å². The summed E-state index contributed by atoms with van der Waals surface area (Å²) in [4.78, 5) is 8.40. The minimum absolute atomic E-state index is 0.407. The molecule has 6 rings (SSSR count). The molecule has 0 aliphatic heterocycles. The summed E-state index contributed by atoms with van der Waals surface area (Å²) in [7, 11) is 0. The van der Waals surface area contributed by atoms with Crippen molar-refractivity contribution in [2.75, 3.05) is 0 Å². The summed E-state index contributed by atoms with van der Waals surface area (Å²) in [5, 5.41) is 3.98. The highest BCUT2D eigenvalue weighted by atomic mass is 15.0. The molecule has 4 bridgehead atoms. The number of aromatic amines is 1. The van der Waals surface area contributed by atoms with Gasteiger partial charge in [0, 0.05) is 23.3 Å². The molecule has 0 unspecified atom stereocenters. The molecule has 1 aromatic carbocycles. The van der Waals surface area contributed by atoms with Gasteiger partial charge in [-0.3, -0.25) is 0 Å². The lowest BCUT2D eigenvalue weighted by Crippen LogP contribution is -2.58. The fourth-order valence-electron chi connectivity index (χ4n) is 6.12. The minimum Gasteiger partial charge on any atom is -0.342 e. The van der Waals surface area contributed by atoms with Crippen molar-refractivity contribution in [1.82, 2.24) is 15.3 Å². The van der Waals surface area contributed by atoms with E-state index in [2.05, 4.69) is 48.4 Å². The molecule has 1 heterocycles. The van der Waals surface area contributed by atoms with Crippen LogP contribution in [0.15, 0.2) is 24.3 Å². The first-order valence-electron chi connectivity index (χ1n) is 9.96. The molecule has 4 aliphatic carbocycles. The average molecular weight is 335 g/mol. The number of aryl methyl sites for hydroxylation is 2. The molecule has 0 spiro atoms. The van der Waals surface area contributed by atoms with Crippen molar-refractivity contribution in [1.29, 1.82) is 0 Å². The number of benzene rings is 1. The molecule has 1 aromatic heterocycles. The van der Waals surface area contributed by atoms with E-state index in [0.29, 0.717) is 5.54 Å². The lowest BCUT2D eigenvalue weighted by molar-refractivity contribution is -0.0207. The highest BCUT2D eigenvalue weighted by molar-refractivity contribution is 5.56. The van der Waals surface area contributed by atoms with Crippen molar-refractivity contribution >= 4 is 0 Å². The van der Waals surface area contributed by atoms with Crippen LogP contribution in [0.5, 0.6) is 0 Å². The average Bonchev–Trinajstić information content (AvgIpc) is 2.93. The Hall–Kier alpha value is -1.61. The Labute approximate surface area is 150 Å². The Morgan fingerprint density at radius 3 is 2.20 bits per heavy atom. The number of nitrogens with zero attached hydrogens (tertiary/aromatic N) is 1. The lowest BCUT2D eigenvalue weighted by atomic mass is 9.53. The van der Waals surface area contributed by atoms with Crippen LogP contribution in [0, 0.1) is 31.6 Å². The third-order valence-electron chi connectivity index (χ3n) is 6.98. The number of rotatable bonds is 4. The van der Waals surface area contributed by atoms with Crippen LogP contribution in [-0.2, 0) is 6.54 Å². The lowest BCUT2D eigenvalue weighted by Gasteiger charge is -2.57. The first-order valence-corrected chi connectivity index (χ1v) is 9.96. The number of hydrogen-bond donors (Lipinski definition) is 2. The molecule has 3 heteroatoms. The van der Waals surface area contributed by atoms with Gasteiger partial charge in [0.1, 0.15) is 5.82 Å². The fraction of sp³-hybridized carbons (Fsp3) is 0.591. The van der Waals surface area contributed by atoms with E-state index in [1.807, 2.05) is 0 Å². The maximum Gasteiger partial charge on any atom is 0.137 e. The van der Waals surface area contributed by atoms with Crippen LogP contribution in [0.3, 0.4) is 0 Å². The normalized spacial score (nSPS) is 33.1. The van der Waals surface area contributed by atoms with Crippen LogP contribution in [0.4, 0.5) is 0 Å². The second-order valence-electron chi connectivity index (χ2n) is 9.07. The van der Waals surface area contributed by atoms with E-state index in [1.165, 1.54) is 61.0 Å². The fourth-order valence-corrected chi connectivity index (χ4v) is 6.12. The first-order chi connectivity index (χ1) is 12.1. The first kappa shape index (κ1) is 15.6. The van der Waals surface area contributed by atoms with Gasteiger partial charge in [0.2, 0.25) is 0 Å². The summed E-state index contributed by atoms with van der Waals surface area (Å²) >= 11 is 0. The number of aromatic nitrogens is 2. The molecule has 4 fully saturated rings. The zero-order chi connectivity index (χ0) is 17.0. The molecule has 0 saturated heterocycles. The molecule has 25 heavy (non-hydrogen) atoms. The van der Waals surface area contributed by atoms with Crippen LogP contribution < -0.4 is 5.32 Å². The molecule has 0 atom stereocenters. The molecule has 0 amide bonds. The van der Waals surface area contributed by atoms with Gasteiger partial charge in [-0.1, -0.05) is 29.8 Å². The van der Waals surface area contributed by atoms with Gasteiger partial charge >= 0.3 is 0 Å². The maximum absolute atomic E-state index is 4.91. The Bertz CT molecular complexity index is 736. The van der Waals surface area contributed by atoms with Crippen LogP contribution in [0.25, 0.3) is 11.4 Å². The molecule has 2 aromatic rings. The second-order valence-corrected chi connectivity index (χ2v) is 9.07. The maximum atomic E-state index is 4.91. The van der Waals surface area contributed by atoms with E-state index in [-0.39, 0.29) is 0 Å². The zero-order valence-corrected chi connectivity index (χ0v) is 15.4. The molecule has 4 aliphatic rings. The van der Waals surface area contributed by atoms with Gasteiger partial charge in [-0.25, -0.2) is 4.98 Å². The van der Waals surface area contributed by atoms with Crippen molar-refractivity contribution in [3.05, 3.63) is 41.2 Å². The van der Waals surface area contributed by atoms with Crippen LogP contribution in [-0.4, -0.2) is 15.5 Å². The van der Waals surface area contributed by atoms with E-state index in [1.54, 1.807) is 0 Å². The van der Waals surface area contributed by atoms with E-state index < -0.39 is 0 Å². The third kappa shape index (κ3) is 2.83. The third-order valence-corrected chi connectivity index (χ3v) is 6.98. The van der Waals surface area contributed by atoms with Crippen molar-refractivity contribution < 1.29 is 0 Å². The van der Waals surface area contributed by atoms with Crippen LogP contribution in [0.1, 0.15) is 55.5 Å². The summed E-state index contributed by atoms with van der Waals surface area (Å²) in [5.74, 6) is 3.96. The monoisotopic (exact) mass is 335 g/mol. The van der Waals surface area contributed by atoms with E-state index in [9.17, 15) is 0 Å². The van der Waals surface area contributed by atoms with Gasteiger partial charge in [0.05, 0.1) is 5.69 Å². The van der Waals surface area contributed by atoms with Crippen molar-refractivity contribution in [3.8, 4) is 11.4 Å². The van der Waals surface area contributed by atoms with Gasteiger partial charge < -0.3 is 10.3 Å². The van der Waals surface area contributed by atoms with E-state index >= 15 is 0 Å². The van der Waals surface area contributed by atoms with Gasteiger partial charge in [-0.05, 0) is 70.1 Å². The van der Waals surface area contributed by atoms with E-state index in [4.69, 9.17) is 4.98 Å². The predicted octanol–water partition coefficient (Wildman–Crippen LogP) is 4.75. The SMILES string of the molecule is Cc1ccc(-c2nc(CNC34CC5CC(CC(C5)C3)C4)c(C)[nH]2)cc1. The Kier molecular flexibility index (Phi) is 3.56. The quantitative estimate of drug-likeness (QED) is 0.846. The minimum atomic E-state index is 0.407. The standard InChI is InChI=1S/C22H29N3/c1-14-3-5-19(6-4-14)21-24-15(2)20(25-21)13-23-22-10-16-7-17(11-22)9-18(8-16)12-22/h3-6,16-18,23H,7-13H2,1-2H3,(H,24,25). The van der Waals surface area contributed by atoms with Gasteiger partial charge in [0.15, 0.2) is 0 Å². The summed E-state index contributed by atoms with van der Waals surface area (Å²) in [6.45, 7) is 5.18. The van der Waals surface area contributed by atoms with E-state index in [0.717, 1.165) is 30.1 Å². The van der Waals surface area contributed by atoms with Crippen LogP contribution >= 0.6 is 0 Å². The van der Waals surface area contributed by atoms with Gasteiger partial charge in [0.25, 0.3) is 0 Å². The predicted molar refractivity (Wildman–Crippen MR) is 101 cm³/mol. The van der Waals surface area contributed by atoms with Gasteiger partial charge in [-0.2, -0.15) is 0 Å². The summed E-state index contributed by atoms with van der Waals surface area (Å²) in [6.07, 6.45) is 8.69. The summed E-state index contributed by atoms with van der Waals surface area (Å²) in [5.41, 5.74) is 5.26. The summed E-state index contributed by atoms with van der Waals surface area (Å²) in [6, 6.07) is 8.62. The smallest absolute Gasteiger partial charge is 0.137 e. The molecule has 3 nitrogen and oxygen atoms in total. The number of hydrogen-bond acceptors (Lipinski definition) is 2. The molecular weight excluding hydrogens is 306 g/mol. The van der Waals surface area contributed by atoms with Gasteiger partial charge in [-0.15, -0.1) is 0 Å². The molecular formula is C22H29N3. The second kappa shape index (κ2) is 5.70. The Morgan fingerprint density at radius 1 is 1.00 bits per heavy atom. The molecule has 132 valence electrons.